The summed E-state index contributed by atoms with van der Waals surface area (Å²) in [6.07, 6.45) is 3.19. The summed E-state index contributed by atoms with van der Waals surface area (Å²) in [5, 5.41) is 0. The van der Waals surface area contributed by atoms with Crippen LogP contribution >= 0.6 is 0 Å². The van der Waals surface area contributed by atoms with E-state index in [4.69, 9.17) is 0 Å². The molecule has 1 amide bonds. The van der Waals surface area contributed by atoms with Gasteiger partial charge < -0.3 is 0 Å². The molecule has 1 radical (unpaired) electrons. The minimum Gasteiger partial charge on any atom is -0.293 e. The molecule has 0 bridgehead atoms. The third kappa shape index (κ3) is 0.765. The molecule has 0 aliphatic carbocycles. The maximum absolute atomic E-state index is 9.72. The Morgan fingerprint density at radius 1 is 1.86 bits per heavy atom. The quantitative estimate of drug-likeness (QED) is 0.430. The number of amides is 1. The van der Waals surface area contributed by atoms with E-state index in [1.807, 2.05) is 0 Å². The van der Waals surface area contributed by atoms with Gasteiger partial charge in [0.15, 0.2) is 0 Å². The highest BCUT2D eigenvalue weighted by molar-refractivity contribution is 5.73. The highest BCUT2D eigenvalue weighted by Gasteiger charge is 2.01. The minimum absolute atomic E-state index is 0.698. The van der Waals surface area contributed by atoms with Crippen molar-refractivity contribution in [2.75, 3.05) is 13.1 Å². The first-order valence-corrected chi connectivity index (χ1v) is 2.08. The topological polar surface area (TPSA) is 32.7 Å². The Morgan fingerprint density at radius 2 is 2.71 bits per heavy atom. The van der Waals surface area contributed by atoms with Crippen LogP contribution < -0.4 is 0 Å². The van der Waals surface area contributed by atoms with E-state index < -0.39 is 0 Å². The lowest BCUT2D eigenvalue weighted by atomic mass is 10.6. The zero-order chi connectivity index (χ0) is 5.11. The first-order valence-electron chi connectivity index (χ1n) is 2.08. The number of nitrogens with zero attached hydrogens (tertiary/aromatic N) is 2. The van der Waals surface area contributed by atoms with E-state index in [2.05, 4.69) is 4.99 Å². The molecular weight excluding hydrogens is 92.1 g/mol. The van der Waals surface area contributed by atoms with Gasteiger partial charge in [0.1, 0.15) is 0 Å². The first-order chi connectivity index (χ1) is 3.43. The van der Waals surface area contributed by atoms with Crippen molar-refractivity contribution in [2.24, 2.45) is 4.99 Å². The van der Waals surface area contributed by atoms with Crippen LogP contribution in [0.4, 0.5) is 0 Å². The molecule has 0 aromatic heterocycles. The van der Waals surface area contributed by atoms with Crippen LogP contribution in [0.25, 0.3) is 0 Å². The molecule has 1 aliphatic rings. The predicted octanol–water partition coefficient (Wildman–Crippen LogP) is -0.603. The van der Waals surface area contributed by atoms with Gasteiger partial charge in [-0.25, -0.2) is 0 Å². The van der Waals surface area contributed by atoms with Crippen molar-refractivity contribution in [2.45, 2.75) is 0 Å². The molecule has 3 nitrogen and oxygen atoms in total. The van der Waals surface area contributed by atoms with Crippen molar-refractivity contribution in [1.29, 1.82) is 0 Å². The van der Waals surface area contributed by atoms with Crippen molar-refractivity contribution in [3.05, 3.63) is 0 Å². The van der Waals surface area contributed by atoms with Gasteiger partial charge in [-0.1, -0.05) is 0 Å². The van der Waals surface area contributed by atoms with Crippen LogP contribution in [0.15, 0.2) is 4.99 Å². The zero-order valence-corrected chi connectivity index (χ0v) is 3.79. The molecule has 0 aromatic rings. The van der Waals surface area contributed by atoms with E-state index in [0.29, 0.717) is 6.54 Å². The fourth-order valence-corrected chi connectivity index (χ4v) is 0.449. The zero-order valence-electron chi connectivity index (χ0n) is 3.79. The lowest BCUT2D eigenvalue weighted by molar-refractivity contribution is 0.502. The molecular formula is C4H5N2O. The number of rotatable bonds is 1. The normalized spacial score (nSPS) is 18.0. The minimum atomic E-state index is 0.698. The van der Waals surface area contributed by atoms with Gasteiger partial charge in [0, 0.05) is 6.54 Å². The van der Waals surface area contributed by atoms with Gasteiger partial charge in [-0.05, 0) is 0 Å². The summed E-state index contributed by atoms with van der Waals surface area (Å²) in [6.45, 7) is 1.43. The van der Waals surface area contributed by atoms with Gasteiger partial charge in [-0.15, -0.1) is 0 Å². The van der Waals surface area contributed by atoms with Crippen molar-refractivity contribution in [1.82, 2.24) is 4.90 Å². The molecule has 0 N–H and O–H groups in total. The Morgan fingerprint density at radius 3 is 3.00 bits per heavy atom. The molecule has 1 aliphatic heterocycles. The Labute approximate surface area is 41.6 Å². The SMILES string of the molecule is O=[C]N1C=NCC1. The first kappa shape index (κ1) is 4.30. The number of aliphatic imine (C=N–C) groups is 1. The molecule has 1 heterocycles. The smallest absolute Gasteiger partial charge is 0.293 e. The summed E-state index contributed by atoms with van der Waals surface area (Å²) in [4.78, 5) is 14.9. The lowest BCUT2D eigenvalue weighted by Crippen LogP contribution is -2.16. The summed E-state index contributed by atoms with van der Waals surface area (Å²) in [7, 11) is 0. The van der Waals surface area contributed by atoms with E-state index in [0.717, 1.165) is 6.54 Å². The summed E-state index contributed by atoms with van der Waals surface area (Å²) in [5.41, 5.74) is 0. The average molecular weight is 97.1 g/mol. The van der Waals surface area contributed by atoms with Crippen molar-refractivity contribution in [3.8, 4) is 0 Å². The second kappa shape index (κ2) is 1.73. The molecule has 1 rings (SSSR count). The van der Waals surface area contributed by atoms with Gasteiger partial charge in [0.05, 0.1) is 12.9 Å². The fourth-order valence-electron chi connectivity index (χ4n) is 0.449. The maximum atomic E-state index is 9.72. The summed E-state index contributed by atoms with van der Waals surface area (Å²) >= 11 is 0. The molecule has 3 heteroatoms. The Balaban J connectivity index is 2.42. The van der Waals surface area contributed by atoms with Gasteiger partial charge in [0.2, 0.25) is 0 Å². The third-order valence-electron chi connectivity index (χ3n) is 0.808. The molecule has 7 heavy (non-hydrogen) atoms. The summed E-state index contributed by atoms with van der Waals surface area (Å²) in [5.74, 6) is 0. The molecule has 37 valence electrons. The van der Waals surface area contributed by atoms with Crippen LogP contribution in [0.1, 0.15) is 0 Å². The highest BCUT2D eigenvalue weighted by atomic mass is 16.1. The molecule has 0 atom stereocenters. The molecule has 0 aromatic carbocycles. The van der Waals surface area contributed by atoms with Crippen LogP contribution in [-0.4, -0.2) is 30.7 Å². The van der Waals surface area contributed by atoms with Crippen molar-refractivity contribution < 1.29 is 4.79 Å². The molecule has 0 fully saturated rings. The standard InChI is InChI=1S/C4H5N2O/c7-4-6-2-1-5-3-6/h3H,1-2H2. The molecule has 0 unspecified atom stereocenters. The van der Waals surface area contributed by atoms with E-state index >= 15 is 0 Å². The van der Waals surface area contributed by atoms with Crippen LogP contribution in [0, 0.1) is 0 Å². The van der Waals surface area contributed by atoms with Crippen molar-refractivity contribution >= 4 is 12.7 Å². The Hall–Kier alpha value is -0.860. The van der Waals surface area contributed by atoms with Crippen LogP contribution in [0.3, 0.4) is 0 Å². The van der Waals surface area contributed by atoms with Gasteiger partial charge in [0.25, 0.3) is 0 Å². The van der Waals surface area contributed by atoms with E-state index in [-0.39, 0.29) is 0 Å². The predicted molar refractivity (Wildman–Crippen MR) is 25.8 cm³/mol. The molecule has 0 saturated heterocycles. The van der Waals surface area contributed by atoms with Gasteiger partial charge in [-0.2, -0.15) is 0 Å². The Kier molecular flexibility index (Phi) is 1.06. The Bertz CT molecular complexity index is 99.9. The summed E-state index contributed by atoms with van der Waals surface area (Å²) < 4.78 is 0. The van der Waals surface area contributed by atoms with Crippen LogP contribution in [0.2, 0.25) is 0 Å². The lowest BCUT2D eigenvalue weighted by Gasteiger charge is -1.95. The third-order valence-corrected chi connectivity index (χ3v) is 0.808. The number of hydrogen-bond acceptors (Lipinski definition) is 2. The van der Waals surface area contributed by atoms with Gasteiger partial charge >= 0.3 is 6.41 Å². The monoisotopic (exact) mass is 97.0 g/mol. The number of hydrogen-bond donors (Lipinski definition) is 0. The van der Waals surface area contributed by atoms with E-state index in [1.165, 1.54) is 11.2 Å². The average Bonchev–Trinajstić information content (AvgIpc) is 2.14. The highest BCUT2D eigenvalue weighted by Crippen LogP contribution is 1.85. The van der Waals surface area contributed by atoms with E-state index in [1.54, 1.807) is 6.41 Å². The molecule has 0 spiro atoms. The van der Waals surface area contributed by atoms with Crippen molar-refractivity contribution in [3.63, 3.8) is 0 Å². The summed E-state index contributed by atoms with van der Waals surface area (Å²) in [6, 6.07) is 0. The second-order valence-electron chi connectivity index (χ2n) is 1.31. The van der Waals surface area contributed by atoms with Gasteiger partial charge in [-0.3, -0.25) is 14.7 Å². The second-order valence-corrected chi connectivity index (χ2v) is 1.31. The largest absolute Gasteiger partial charge is 0.317 e. The van der Waals surface area contributed by atoms with Crippen LogP contribution in [0.5, 0.6) is 0 Å². The number of carbonyl (C=O) groups excluding carboxylic acids is 1. The maximum Gasteiger partial charge on any atom is 0.317 e. The van der Waals surface area contributed by atoms with Crippen LogP contribution in [-0.2, 0) is 4.79 Å². The molecule has 0 saturated carbocycles. The van der Waals surface area contributed by atoms with E-state index in [9.17, 15) is 4.79 Å². The fraction of sp³-hybridized carbons (Fsp3) is 0.500.